The lowest BCUT2D eigenvalue weighted by molar-refractivity contribution is -0.00955. The van der Waals surface area contributed by atoms with Crippen molar-refractivity contribution >= 4 is 5.91 Å². The first-order valence-corrected chi connectivity index (χ1v) is 11.3. The van der Waals surface area contributed by atoms with E-state index in [1.807, 2.05) is 0 Å². The van der Waals surface area contributed by atoms with Gasteiger partial charge in [0.1, 0.15) is 0 Å². The SMILES string of the molecule is CN(Cc1ccccc1)C[C@H]1CN2CC[C@H]1C[C@@H]2CNC(=O)c1ccc2c(c1)OCO2. The van der Waals surface area contributed by atoms with Crippen LogP contribution in [0.1, 0.15) is 28.8 Å². The van der Waals surface area contributed by atoms with Gasteiger partial charge in [-0.05, 0) is 62.0 Å². The molecule has 6 heteroatoms. The summed E-state index contributed by atoms with van der Waals surface area (Å²) in [6.07, 6.45) is 2.45. The van der Waals surface area contributed by atoms with E-state index in [1.54, 1.807) is 18.2 Å². The zero-order valence-corrected chi connectivity index (χ0v) is 18.1. The molecule has 6 nitrogen and oxygen atoms in total. The Labute approximate surface area is 184 Å². The maximum absolute atomic E-state index is 12.6. The molecule has 2 bridgehead atoms. The molecule has 4 atom stereocenters. The number of amides is 1. The first kappa shape index (κ1) is 20.3. The molecule has 4 aliphatic heterocycles. The van der Waals surface area contributed by atoms with Gasteiger partial charge >= 0.3 is 0 Å². The van der Waals surface area contributed by atoms with Gasteiger partial charge in [-0.25, -0.2) is 0 Å². The molecule has 0 aliphatic carbocycles. The van der Waals surface area contributed by atoms with E-state index in [-0.39, 0.29) is 12.7 Å². The van der Waals surface area contributed by atoms with Gasteiger partial charge in [-0.3, -0.25) is 9.69 Å². The van der Waals surface area contributed by atoms with Crippen LogP contribution < -0.4 is 14.8 Å². The van der Waals surface area contributed by atoms with Crippen LogP contribution in [0, 0.1) is 11.8 Å². The largest absolute Gasteiger partial charge is 0.454 e. The molecule has 164 valence electrons. The fourth-order valence-corrected chi connectivity index (χ4v) is 5.38. The summed E-state index contributed by atoms with van der Waals surface area (Å²) in [4.78, 5) is 17.7. The second-order valence-corrected chi connectivity index (χ2v) is 9.15. The van der Waals surface area contributed by atoms with Crippen molar-refractivity contribution in [1.29, 1.82) is 0 Å². The highest BCUT2D eigenvalue weighted by Crippen LogP contribution is 2.37. The number of piperidine rings is 3. The summed E-state index contributed by atoms with van der Waals surface area (Å²) < 4.78 is 10.7. The minimum atomic E-state index is -0.0416. The summed E-state index contributed by atoms with van der Waals surface area (Å²) in [5, 5.41) is 3.15. The Bertz CT molecular complexity index is 919. The van der Waals surface area contributed by atoms with E-state index in [0.29, 0.717) is 35.6 Å². The molecule has 0 aromatic heterocycles. The normalized spacial score (nSPS) is 26.3. The van der Waals surface area contributed by atoms with E-state index in [2.05, 4.69) is 52.5 Å². The second kappa shape index (κ2) is 8.89. The highest BCUT2D eigenvalue weighted by atomic mass is 16.7. The number of nitrogens with one attached hydrogen (secondary N) is 1. The molecule has 31 heavy (non-hydrogen) atoms. The second-order valence-electron chi connectivity index (χ2n) is 9.15. The Balaban J connectivity index is 1.12. The van der Waals surface area contributed by atoms with Gasteiger partial charge in [-0.15, -0.1) is 0 Å². The van der Waals surface area contributed by atoms with Crippen molar-refractivity contribution in [2.24, 2.45) is 11.8 Å². The minimum absolute atomic E-state index is 0.0416. The summed E-state index contributed by atoms with van der Waals surface area (Å²) in [6, 6.07) is 16.5. The van der Waals surface area contributed by atoms with Crippen LogP contribution >= 0.6 is 0 Å². The van der Waals surface area contributed by atoms with E-state index in [4.69, 9.17) is 9.47 Å². The third-order valence-electron chi connectivity index (χ3n) is 6.99. The fourth-order valence-electron chi connectivity index (χ4n) is 5.38. The lowest BCUT2D eigenvalue weighted by Gasteiger charge is -2.50. The summed E-state index contributed by atoms with van der Waals surface area (Å²) in [5.74, 6) is 2.77. The van der Waals surface area contributed by atoms with Crippen molar-refractivity contribution < 1.29 is 14.3 Å². The summed E-state index contributed by atoms with van der Waals surface area (Å²) in [5.41, 5.74) is 2.00. The maximum atomic E-state index is 12.6. The summed E-state index contributed by atoms with van der Waals surface area (Å²) in [7, 11) is 2.23. The van der Waals surface area contributed by atoms with Crippen LogP contribution in [-0.4, -0.2) is 61.8 Å². The molecule has 3 saturated heterocycles. The molecule has 4 heterocycles. The van der Waals surface area contributed by atoms with Gasteiger partial charge in [0.05, 0.1) is 0 Å². The Morgan fingerprint density at radius 3 is 2.81 bits per heavy atom. The van der Waals surface area contributed by atoms with Gasteiger partial charge in [0, 0.05) is 37.8 Å². The number of fused-ring (bicyclic) bond motifs is 4. The Morgan fingerprint density at radius 1 is 1.16 bits per heavy atom. The Kier molecular flexibility index (Phi) is 5.83. The van der Waals surface area contributed by atoms with Crippen molar-refractivity contribution in [2.75, 3.05) is 40.0 Å². The van der Waals surface area contributed by atoms with Gasteiger partial charge in [0.15, 0.2) is 11.5 Å². The predicted molar refractivity (Wildman–Crippen MR) is 119 cm³/mol. The number of carbonyl (C=O) groups is 1. The van der Waals surface area contributed by atoms with Crippen LogP contribution in [0.25, 0.3) is 0 Å². The van der Waals surface area contributed by atoms with Gasteiger partial charge in [-0.2, -0.15) is 0 Å². The molecule has 1 unspecified atom stereocenters. The summed E-state index contributed by atoms with van der Waals surface area (Å²) in [6.45, 7) is 5.34. The molecule has 2 aromatic rings. The minimum Gasteiger partial charge on any atom is -0.454 e. The average molecular weight is 422 g/mol. The van der Waals surface area contributed by atoms with E-state index in [0.717, 1.165) is 32.1 Å². The fraction of sp³-hybridized carbons (Fsp3) is 0.480. The molecular weight excluding hydrogens is 390 g/mol. The lowest BCUT2D eigenvalue weighted by Crippen LogP contribution is -2.58. The average Bonchev–Trinajstić information content (AvgIpc) is 3.26. The summed E-state index contributed by atoms with van der Waals surface area (Å²) >= 11 is 0. The van der Waals surface area contributed by atoms with Gasteiger partial charge in [0.25, 0.3) is 5.91 Å². The lowest BCUT2D eigenvalue weighted by atomic mass is 9.75. The molecule has 0 spiro atoms. The standard InChI is InChI=1S/C25H31N3O3/c1-27(14-18-5-3-2-4-6-18)15-21-16-28-10-9-19(21)11-22(28)13-26-25(29)20-7-8-23-24(12-20)31-17-30-23/h2-8,12,19,21-22H,9-11,13-17H2,1H3,(H,26,29)/t19-,21-,22+/m0/s1. The van der Waals surface area contributed by atoms with Crippen LogP contribution in [-0.2, 0) is 6.54 Å². The number of ether oxygens (including phenoxy) is 2. The monoisotopic (exact) mass is 421 g/mol. The first-order chi connectivity index (χ1) is 15.2. The molecule has 0 saturated carbocycles. The molecule has 1 N–H and O–H groups in total. The molecule has 6 rings (SSSR count). The highest BCUT2D eigenvalue weighted by Gasteiger charge is 2.40. The smallest absolute Gasteiger partial charge is 0.251 e. The van der Waals surface area contributed by atoms with Crippen molar-refractivity contribution in [3.8, 4) is 11.5 Å². The van der Waals surface area contributed by atoms with Crippen molar-refractivity contribution in [1.82, 2.24) is 15.1 Å². The number of hydrogen-bond donors (Lipinski definition) is 1. The number of benzene rings is 2. The first-order valence-electron chi connectivity index (χ1n) is 11.3. The molecule has 0 radical (unpaired) electrons. The van der Waals surface area contributed by atoms with Gasteiger partial charge in [0.2, 0.25) is 6.79 Å². The van der Waals surface area contributed by atoms with Crippen LogP contribution in [0.15, 0.2) is 48.5 Å². The number of nitrogens with zero attached hydrogens (tertiary/aromatic N) is 2. The van der Waals surface area contributed by atoms with E-state index >= 15 is 0 Å². The molecule has 1 amide bonds. The van der Waals surface area contributed by atoms with Crippen molar-refractivity contribution in [3.63, 3.8) is 0 Å². The Morgan fingerprint density at radius 2 is 2.00 bits per heavy atom. The van der Waals surface area contributed by atoms with Crippen LogP contribution in [0.3, 0.4) is 0 Å². The number of hydrogen-bond acceptors (Lipinski definition) is 5. The topological polar surface area (TPSA) is 54.0 Å². The number of carbonyl (C=O) groups excluding carboxylic acids is 1. The third kappa shape index (κ3) is 4.55. The van der Waals surface area contributed by atoms with Crippen LogP contribution in [0.5, 0.6) is 11.5 Å². The Hall–Kier alpha value is -2.57. The third-order valence-corrected chi connectivity index (χ3v) is 6.99. The van der Waals surface area contributed by atoms with Gasteiger partial charge in [-0.1, -0.05) is 30.3 Å². The van der Waals surface area contributed by atoms with E-state index < -0.39 is 0 Å². The van der Waals surface area contributed by atoms with E-state index in [1.165, 1.54) is 18.4 Å². The zero-order valence-electron chi connectivity index (χ0n) is 18.1. The zero-order chi connectivity index (χ0) is 21.2. The maximum Gasteiger partial charge on any atom is 0.251 e. The van der Waals surface area contributed by atoms with Gasteiger partial charge < -0.3 is 19.7 Å². The van der Waals surface area contributed by atoms with E-state index in [9.17, 15) is 4.79 Å². The van der Waals surface area contributed by atoms with Crippen LogP contribution in [0.4, 0.5) is 0 Å². The van der Waals surface area contributed by atoms with Crippen molar-refractivity contribution in [3.05, 3.63) is 59.7 Å². The quantitative estimate of drug-likeness (QED) is 0.745. The molecule has 2 aromatic carbocycles. The molecule has 3 fully saturated rings. The molecular formula is C25H31N3O3. The van der Waals surface area contributed by atoms with Crippen molar-refractivity contribution in [2.45, 2.75) is 25.4 Å². The molecule has 4 aliphatic rings. The predicted octanol–water partition coefficient (Wildman–Crippen LogP) is 2.99. The number of rotatable bonds is 7. The van der Waals surface area contributed by atoms with Crippen LogP contribution in [0.2, 0.25) is 0 Å². The highest BCUT2D eigenvalue weighted by molar-refractivity contribution is 5.94.